The van der Waals surface area contributed by atoms with Gasteiger partial charge >= 0.3 is 78.5 Å². The molecule has 1 aromatic carbocycles. The summed E-state index contributed by atoms with van der Waals surface area (Å²) in [5, 5.41) is 1.32. The molecule has 12 heavy (non-hydrogen) atoms. The summed E-state index contributed by atoms with van der Waals surface area (Å²) in [4.78, 5) is 0. The molecule has 0 fully saturated rings. The molecule has 0 heterocycles. The van der Waals surface area contributed by atoms with Crippen molar-refractivity contribution in [1.82, 2.24) is 0 Å². The van der Waals surface area contributed by atoms with E-state index >= 15 is 0 Å². The van der Waals surface area contributed by atoms with Gasteiger partial charge in [0, 0.05) is 0 Å². The maximum Gasteiger partial charge on any atom is -1.00 e. The SMILES string of the molecule is CC(C)([CH2][Zn+])c1ccccc1.[I-]. The largest absolute Gasteiger partial charge is 1.00 e. The summed E-state index contributed by atoms with van der Waals surface area (Å²) >= 11 is 1.38. The first kappa shape index (κ1) is 12.6. The second kappa shape index (κ2) is 5.33. The molecule has 2 heteroatoms. The normalized spacial score (nSPS) is 10.7. The summed E-state index contributed by atoms with van der Waals surface area (Å²) in [7, 11) is 0. The van der Waals surface area contributed by atoms with Crippen molar-refractivity contribution in [3.8, 4) is 0 Å². The van der Waals surface area contributed by atoms with Gasteiger partial charge in [-0.25, -0.2) is 0 Å². The Morgan fingerprint density at radius 1 is 1.17 bits per heavy atom. The fraction of sp³-hybridized carbons (Fsp3) is 0.400. The van der Waals surface area contributed by atoms with E-state index in [1.807, 2.05) is 0 Å². The molecule has 62 valence electrons. The predicted molar refractivity (Wildman–Crippen MR) is 44.3 cm³/mol. The molecule has 0 saturated heterocycles. The number of rotatable bonds is 2. The molecule has 0 N–H and O–H groups in total. The summed E-state index contributed by atoms with van der Waals surface area (Å²) in [6.45, 7) is 4.62. The standard InChI is InChI=1S/C10H13.HI.Zn/c1-10(2,3)9-7-5-4-6-8-9;;/h4-8H,1H2,2-3H3;1H;/q;;+1/p-1. The van der Waals surface area contributed by atoms with Crippen molar-refractivity contribution in [2.24, 2.45) is 0 Å². The van der Waals surface area contributed by atoms with Gasteiger partial charge in [0.15, 0.2) is 0 Å². The van der Waals surface area contributed by atoms with Crippen molar-refractivity contribution in [2.45, 2.75) is 24.3 Å². The third kappa shape index (κ3) is 3.14. The molecule has 0 aliphatic carbocycles. The van der Waals surface area contributed by atoms with E-state index in [1.165, 1.54) is 28.9 Å². The van der Waals surface area contributed by atoms with Crippen LogP contribution in [0.25, 0.3) is 0 Å². The fourth-order valence-corrected chi connectivity index (χ4v) is 1.64. The van der Waals surface area contributed by atoms with Crippen LogP contribution in [0.2, 0.25) is 5.02 Å². The van der Waals surface area contributed by atoms with Crippen LogP contribution in [-0.4, -0.2) is 0 Å². The van der Waals surface area contributed by atoms with Crippen molar-refractivity contribution in [1.29, 1.82) is 0 Å². The zero-order chi connectivity index (χ0) is 8.32. The van der Waals surface area contributed by atoms with Gasteiger partial charge in [0.25, 0.3) is 0 Å². The molecule has 0 nitrogen and oxygen atoms in total. The third-order valence-corrected chi connectivity index (χ3v) is 4.80. The van der Waals surface area contributed by atoms with Gasteiger partial charge in [-0.3, -0.25) is 0 Å². The fourth-order valence-electron chi connectivity index (χ4n) is 1.03. The Morgan fingerprint density at radius 2 is 1.67 bits per heavy atom. The Hall–Kier alpha value is 0.573. The van der Waals surface area contributed by atoms with Crippen LogP contribution in [0.5, 0.6) is 0 Å². The quantitative estimate of drug-likeness (QED) is 0.528. The average molecular weight is 326 g/mol. The molecule has 0 spiro atoms. The maximum atomic E-state index is 2.31. The van der Waals surface area contributed by atoms with Crippen molar-refractivity contribution in [3.05, 3.63) is 35.9 Å². The monoisotopic (exact) mass is 324 g/mol. The van der Waals surface area contributed by atoms with Crippen LogP contribution in [0.1, 0.15) is 19.4 Å². The van der Waals surface area contributed by atoms with Gasteiger partial charge in [0.05, 0.1) is 0 Å². The van der Waals surface area contributed by atoms with Gasteiger partial charge in [-0.05, 0) is 0 Å². The van der Waals surface area contributed by atoms with Crippen LogP contribution in [0.4, 0.5) is 0 Å². The van der Waals surface area contributed by atoms with Crippen LogP contribution < -0.4 is 24.0 Å². The Morgan fingerprint density at radius 3 is 2.08 bits per heavy atom. The molecule has 1 rings (SSSR count). The minimum absolute atomic E-state index is 0. The van der Waals surface area contributed by atoms with Crippen LogP contribution in [0.3, 0.4) is 0 Å². The van der Waals surface area contributed by atoms with Gasteiger partial charge in [-0.2, -0.15) is 0 Å². The van der Waals surface area contributed by atoms with Gasteiger partial charge in [-0.1, -0.05) is 0 Å². The summed E-state index contributed by atoms with van der Waals surface area (Å²) in [5.74, 6) is 0. The van der Waals surface area contributed by atoms with E-state index in [-0.39, 0.29) is 24.0 Å². The zero-order valence-corrected chi connectivity index (χ0v) is 12.8. The van der Waals surface area contributed by atoms with E-state index in [4.69, 9.17) is 0 Å². The first-order chi connectivity index (χ1) is 5.17. The van der Waals surface area contributed by atoms with E-state index in [9.17, 15) is 0 Å². The van der Waals surface area contributed by atoms with E-state index in [1.54, 1.807) is 0 Å². The van der Waals surface area contributed by atoms with Crippen LogP contribution in [0, 0.1) is 0 Å². The van der Waals surface area contributed by atoms with Gasteiger partial charge < -0.3 is 24.0 Å². The summed E-state index contributed by atoms with van der Waals surface area (Å²) < 4.78 is 0. The minimum Gasteiger partial charge on any atom is -1.00 e. The van der Waals surface area contributed by atoms with Gasteiger partial charge in [0.1, 0.15) is 0 Å². The number of halogens is 1. The van der Waals surface area contributed by atoms with Crippen molar-refractivity contribution in [3.63, 3.8) is 0 Å². The van der Waals surface area contributed by atoms with E-state index in [0.29, 0.717) is 5.41 Å². The predicted octanol–water partition coefficient (Wildman–Crippen LogP) is -0.0667. The summed E-state index contributed by atoms with van der Waals surface area (Å²) in [6.07, 6.45) is 0. The number of hydrogen-bond donors (Lipinski definition) is 0. The van der Waals surface area contributed by atoms with Crippen molar-refractivity contribution >= 4 is 0 Å². The molecule has 0 bridgehead atoms. The average Bonchev–Trinajstić information content (AvgIpc) is 2.06. The first-order valence-electron chi connectivity index (χ1n) is 4.01. The van der Waals surface area contributed by atoms with E-state index in [2.05, 4.69) is 44.2 Å². The van der Waals surface area contributed by atoms with Crippen LogP contribution in [0.15, 0.2) is 30.3 Å². The van der Waals surface area contributed by atoms with Gasteiger partial charge in [-0.15, -0.1) is 0 Å². The van der Waals surface area contributed by atoms with Gasteiger partial charge in [0.2, 0.25) is 0 Å². The molecule has 0 amide bonds. The molecule has 0 unspecified atom stereocenters. The van der Waals surface area contributed by atoms with E-state index in [0.717, 1.165) is 0 Å². The van der Waals surface area contributed by atoms with Crippen molar-refractivity contribution < 1.29 is 42.3 Å². The summed E-state index contributed by atoms with van der Waals surface area (Å²) in [5.41, 5.74) is 1.85. The maximum absolute atomic E-state index is 2.31. The molecule has 0 radical (unpaired) electrons. The Bertz CT molecular complexity index is 219. The second-order valence-corrected chi connectivity index (χ2v) is 4.55. The topological polar surface area (TPSA) is 0 Å². The smallest absolute Gasteiger partial charge is 1.00 e. The molecule has 0 aliphatic rings. The molecule has 0 saturated carbocycles. The second-order valence-electron chi connectivity index (χ2n) is 3.50. The summed E-state index contributed by atoms with van der Waals surface area (Å²) in [6, 6.07) is 10.7. The molecule has 0 aliphatic heterocycles. The molecular weight excluding hydrogens is 312 g/mol. The Labute approximate surface area is 102 Å². The zero-order valence-electron chi connectivity index (χ0n) is 7.68. The number of benzene rings is 1. The Kier molecular flexibility index (Phi) is 5.59. The molecule has 0 atom stereocenters. The molecule has 0 aromatic heterocycles. The van der Waals surface area contributed by atoms with Crippen molar-refractivity contribution in [2.75, 3.05) is 0 Å². The molecular formula is C10H13IZn. The molecule has 1 aromatic rings. The third-order valence-electron chi connectivity index (χ3n) is 2.18. The first-order valence-corrected chi connectivity index (χ1v) is 6.11. The Balaban J connectivity index is 0.00000121. The van der Waals surface area contributed by atoms with E-state index < -0.39 is 0 Å². The number of hydrogen-bond acceptors (Lipinski definition) is 0. The minimum atomic E-state index is 0. The van der Waals surface area contributed by atoms with Crippen LogP contribution >= 0.6 is 0 Å². The van der Waals surface area contributed by atoms with Crippen LogP contribution in [-0.2, 0) is 23.7 Å².